The van der Waals surface area contributed by atoms with E-state index in [4.69, 9.17) is 0 Å². The number of fused-ring (bicyclic) bond motifs is 3. The molecule has 0 aliphatic heterocycles. The number of hydrogen-bond acceptors (Lipinski definition) is 7. The number of phenols is 1. The minimum absolute atomic E-state index is 0.140. The van der Waals surface area contributed by atoms with Crippen LogP contribution in [0.3, 0.4) is 0 Å². The Labute approximate surface area is 252 Å². The van der Waals surface area contributed by atoms with Crippen molar-refractivity contribution in [2.24, 2.45) is 16.2 Å². The van der Waals surface area contributed by atoms with Gasteiger partial charge in [-0.25, -0.2) is 0 Å². The molecular formula is C35H40N2O6. The molecule has 0 saturated carbocycles. The van der Waals surface area contributed by atoms with Gasteiger partial charge < -0.3 is 20.4 Å². The molecule has 5 rings (SSSR count). The highest BCUT2D eigenvalue weighted by Gasteiger charge is 2.64. The first-order valence-corrected chi connectivity index (χ1v) is 14.7. The maximum absolute atomic E-state index is 14.4. The van der Waals surface area contributed by atoms with Crippen LogP contribution in [0.2, 0.25) is 0 Å². The van der Waals surface area contributed by atoms with Crippen molar-refractivity contribution in [1.29, 1.82) is 0 Å². The van der Waals surface area contributed by atoms with Crippen LogP contribution in [0.1, 0.15) is 73.7 Å². The lowest BCUT2D eigenvalue weighted by atomic mass is 9.43. The van der Waals surface area contributed by atoms with E-state index in [-0.39, 0.29) is 40.8 Å². The second-order valence-corrected chi connectivity index (χ2v) is 13.4. The van der Waals surface area contributed by atoms with Crippen LogP contribution in [0, 0.1) is 16.2 Å². The molecule has 8 heteroatoms. The summed E-state index contributed by atoms with van der Waals surface area (Å²) < 4.78 is 0. The van der Waals surface area contributed by atoms with E-state index in [1.54, 1.807) is 38.1 Å². The number of nitrogens with one attached hydrogen (secondary N) is 1. The summed E-state index contributed by atoms with van der Waals surface area (Å²) in [5.41, 5.74) is 1.12. The van der Waals surface area contributed by atoms with Gasteiger partial charge in [0.2, 0.25) is 0 Å². The van der Waals surface area contributed by atoms with E-state index < -0.39 is 27.8 Å². The number of likely N-dealkylation sites (N-methyl/N-ethyl adjacent to an activating group) is 1. The lowest BCUT2D eigenvalue weighted by Gasteiger charge is -2.58. The molecule has 1 amide bonds. The van der Waals surface area contributed by atoms with E-state index in [2.05, 4.69) is 5.32 Å². The molecule has 8 nitrogen and oxygen atoms in total. The zero-order valence-corrected chi connectivity index (χ0v) is 26.0. The molecular weight excluding hydrogens is 544 g/mol. The van der Waals surface area contributed by atoms with Gasteiger partial charge in [-0.2, -0.15) is 0 Å². The Bertz CT molecular complexity index is 1670. The number of nitrogens with zero attached hydrogens (tertiary/aromatic N) is 1. The molecule has 3 N–H and O–H groups in total. The van der Waals surface area contributed by atoms with Crippen molar-refractivity contribution < 1.29 is 29.4 Å². The number of carbonyl (C=O) groups excluding carboxylic acids is 4. The van der Waals surface area contributed by atoms with Gasteiger partial charge in [0.15, 0.2) is 17.3 Å². The van der Waals surface area contributed by atoms with Gasteiger partial charge in [0, 0.05) is 36.1 Å². The van der Waals surface area contributed by atoms with Crippen LogP contribution in [0.4, 0.5) is 0 Å². The van der Waals surface area contributed by atoms with Gasteiger partial charge in [0.1, 0.15) is 11.5 Å². The zero-order valence-electron chi connectivity index (χ0n) is 26.0. The SMILES string of the molecule is CC(=O)C1=C(O)C[C@]2(C)C[C@]3(C)Cc4c(-c5cccc(C(=O)NCCN(C)C)c5)ccc(O)c4C(=O)C3=C(C)[C@]2(C)C1=O. The van der Waals surface area contributed by atoms with Crippen molar-refractivity contribution >= 4 is 23.3 Å². The van der Waals surface area contributed by atoms with E-state index in [1.165, 1.54) is 13.0 Å². The first-order chi connectivity index (χ1) is 20.1. The monoisotopic (exact) mass is 584 g/mol. The normalized spacial score (nSPS) is 26.7. The lowest BCUT2D eigenvalue weighted by Crippen LogP contribution is -2.57. The summed E-state index contributed by atoms with van der Waals surface area (Å²) in [5.74, 6) is -1.82. The molecule has 0 radical (unpaired) electrons. The van der Waals surface area contributed by atoms with Crippen LogP contribution in [-0.4, -0.2) is 65.6 Å². The third-order valence-corrected chi connectivity index (χ3v) is 10.2. The Hall–Kier alpha value is -4.04. The first kappa shape index (κ1) is 30.4. The Morgan fingerprint density at radius 2 is 1.72 bits per heavy atom. The van der Waals surface area contributed by atoms with Crippen LogP contribution < -0.4 is 5.32 Å². The van der Waals surface area contributed by atoms with E-state index in [0.29, 0.717) is 48.2 Å². The standard InChI is InChI=1S/C35H40N2O6/c1-19-29-30(41)28-24(16-33(29,3)18-34(4)17-26(40)27(20(2)38)31(42)35(19,34)5)23(11-12-25(28)39)21-9-8-10-22(15-21)32(43)36-13-14-37(6)7/h8-12,15,39-40H,13-14,16-18H2,1-7H3,(H,36,43)/t33-,34+,35+/m0/s1. The zero-order chi connectivity index (χ0) is 31.6. The number of hydrogen-bond donors (Lipinski definition) is 3. The molecule has 0 bridgehead atoms. The minimum Gasteiger partial charge on any atom is -0.511 e. The molecule has 3 aliphatic carbocycles. The number of aliphatic hydroxyl groups is 1. The topological polar surface area (TPSA) is 124 Å². The highest BCUT2D eigenvalue weighted by atomic mass is 16.3. The average Bonchev–Trinajstić information content (AvgIpc) is 2.90. The van der Waals surface area contributed by atoms with Gasteiger partial charge in [-0.05, 0) is 88.0 Å². The van der Waals surface area contributed by atoms with E-state index in [0.717, 1.165) is 11.1 Å². The van der Waals surface area contributed by atoms with Gasteiger partial charge in [-0.1, -0.05) is 37.6 Å². The number of carbonyl (C=O) groups is 4. The van der Waals surface area contributed by atoms with E-state index in [9.17, 15) is 29.4 Å². The molecule has 0 saturated heterocycles. The van der Waals surface area contributed by atoms with Crippen LogP contribution in [0.15, 0.2) is 58.9 Å². The average molecular weight is 585 g/mol. The smallest absolute Gasteiger partial charge is 0.251 e. The van der Waals surface area contributed by atoms with Gasteiger partial charge in [-0.3, -0.25) is 19.2 Å². The van der Waals surface area contributed by atoms with E-state index in [1.807, 2.05) is 38.9 Å². The predicted molar refractivity (Wildman–Crippen MR) is 164 cm³/mol. The Morgan fingerprint density at radius 1 is 1.02 bits per heavy atom. The number of rotatable bonds is 6. The summed E-state index contributed by atoms with van der Waals surface area (Å²) in [6, 6.07) is 10.5. The Morgan fingerprint density at radius 3 is 2.37 bits per heavy atom. The largest absolute Gasteiger partial charge is 0.511 e. The van der Waals surface area contributed by atoms with Crippen LogP contribution in [0.25, 0.3) is 11.1 Å². The molecule has 2 aromatic carbocycles. The van der Waals surface area contributed by atoms with Crippen LogP contribution >= 0.6 is 0 Å². The Balaban J connectivity index is 1.63. The van der Waals surface area contributed by atoms with Crippen molar-refractivity contribution in [1.82, 2.24) is 10.2 Å². The summed E-state index contributed by atoms with van der Waals surface area (Å²) in [4.78, 5) is 55.6. The van der Waals surface area contributed by atoms with Crippen molar-refractivity contribution in [3.8, 4) is 16.9 Å². The molecule has 3 atom stereocenters. The maximum atomic E-state index is 14.4. The summed E-state index contributed by atoms with van der Waals surface area (Å²) in [6.45, 7) is 10.0. The molecule has 0 heterocycles. The molecule has 3 aliphatic rings. The van der Waals surface area contributed by atoms with Gasteiger partial charge in [-0.15, -0.1) is 0 Å². The Kier molecular flexibility index (Phi) is 7.29. The third kappa shape index (κ3) is 4.54. The van der Waals surface area contributed by atoms with E-state index >= 15 is 0 Å². The number of allylic oxidation sites excluding steroid dienone is 4. The number of Topliss-reactive ketones (excluding diaryl/α,β-unsaturated/α-hetero) is 3. The molecule has 0 spiro atoms. The number of ketones is 3. The highest BCUT2D eigenvalue weighted by Crippen LogP contribution is 2.66. The number of phenolic OH excluding ortho intramolecular Hbond substituents is 1. The maximum Gasteiger partial charge on any atom is 0.251 e. The van der Waals surface area contributed by atoms with Gasteiger partial charge in [0.25, 0.3) is 5.91 Å². The van der Waals surface area contributed by atoms with Crippen molar-refractivity contribution in [2.75, 3.05) is 27.2 Å². The quantitative estimate of drug-likeness (QED) is 0.399. The van der Waals surface area contributed by atoms with Crippen molar-refractivity contribution in [2.45, 2.75) is 53.9 Å². The summed E-state index contributed by atoms with van der Waals surface area (Å²) in [5, 5.41) is 24.8. The number of benzene rings is 2. The van der Waals surface area contributed by atoms with Crippen LogP contribution in [0.5, 0.6) is 5.75 Å². The number of amides is 1. The molecule has 43 heavy (non-hydrogen) atoms. The molecule has 2 aromatic rings. The summed E-state index contributed by atoms with van der Waals surface area (Å²) >= 11 is 0. The fourth-order valence-corrected chi connectivity index (χ4v) is 7.94. The van der Waals surface area contributed by atoms with Gasteiger partial charge >= 0.3 is 0 Å². The first-order valence-electron chi connectivity index (χ1n) is 14.7. The molecule has 0 aromatic heterocycles. The van der Waals surface area contributed by atoms with Gasteiger partial charge in [0.05, 0.1) is 16.6 Å². The number of aromatic hydroxyl groups is 1. The summed E-state index contributed by atoms with van der Waals surface area (Å²) in [6.07, 6.45) is 0.968. The minimum atomic E-state index is -1.18. The number of aliphatic hydroxyl groups excluding tert-OH is 1. The van der Waals surface area contributed by atoms with Crippen molar-refractivity contribution in [3.63, 3.8) is 0 Å². The lowest BCUT2D eigenvalue weighted by molar-refractivity contribution is -0.135. The fraction of sp³-hybridized carbons (Fsp3) is 0.429. The van der Waals surface area contributed by atoms with Crippen molar-refractivity contribution in [3.05, 3.63) is 75.6 Å². The summed E-state index contributed by atoms with van der Waals surface area (Å²) in [7, 11) is 3.87. The third-order valence-electron chi connectivity index (χ3n) is 10.2. The second kappa shape index (κ2) is 10.3. The molecule has 226 valence electrons. The second-order valence-electron chi connectivity index (χ2n) is 13.4. The van der Waals surface area contributed by atoms with Crippen LogP contribution in [-0.2, 0) is 16.0 Å². The molecule has 0 fully saturated rings. The fourth-order valence-electron chi connectivity index (χ4n) is 7.94. The molecule has 0 unspecified atom stereocenters. The predicted octanol–water partition coefficient (Wildman–Crippen LogP) is 5.20. The highest BCUT2D eigenvalue weighted by molar-refractivity contribution is 6.24.